The van der Waals surface area contributed by atoms with Crippen molar-refractivity contribution in [3.05, 3.63) is 0 Å². The van der Waals surface area contributed by atoms with E-state index in [2.05, 4.69) is 0 Å². The van der Waals surface area contributed by atoms with Crippen molar-refractivity contribution < 1.29 is 29.0 Å². The Kier molecular flexibility index (Phi) is 6.55. The fraction of sp³-hybridized carbons (Fsp3) is 0.714. The number of carbonyl (C=O) groups is 4. The summed E-state index contributed by atoms with van der Waals surface area (Å²) in [4.78, 5) is 45.2. The van der Waals surface area contributed by atoms with Gasteiger partial charge >= 0.3 is 11.9 Å². The lowest BCUT2D eigenvalue weighted by molar-refractivity contribution is -0.146. The van der Waals surface area contributed by atoms with Crippen molar-refractivity contribution in [3.63, 3.8) is 0 Å². The summed E-state index contributed by atoms with van der Waals surface area (Å²) in [5, 5.41) is 9.06. The van der Waals surface area contributed by atoms with Gasteiger partial charge in [0.25, 0.3) is 0 Å². The number of rotatable bonds is 8. The van der Waals surface area contributed by atoms with Gasteiger partial charge in [-0.2, -0.15) is 11.8 Å². The first-order valence-electron chi connectivity index (χ1n) is 6.95. The number of aliphatic carboxylic acids is 1. The number of ketones is 2. The molecule has 1 fully saturated rings. The summed E-state index contributed by atoms with van der Waals surface area (Å²) in [6, 6.07) is 0. The fourth-order valence-electron chi connectivity index (χ4n) is 2.29. The second kappa shape index (κ2) is 7.73. The first-order chi connectivity index (χ1) is 10.2. The predicted molar refractivity (Wildman–Crippen MR) is 80.4 cm³/mol. The van der Waals surface area contributed by atoms with E-state index in [0.29, 0.717) is 18.6 Å². The van der Waals surface area contributed by atoms with Crippen LogP contribution >= 0.6 is 11.8 Å². The third-order valence-electron chi connectivity index (χ3n) is 3.88. The maximum atomic E-state index is 11.9. The van der Waals surface area contributed by atoms with Gasteiger partial charge in [0, 0.05) is 36.7 Å². The summed E-state index contributed by atoms with van der Waals surface area (Å²) in [6.07, 6.45) is 1.08. The largest absolute Gasteiger partial charge is 0.480 e. The third kappa shape index (κ3) is 4.54. The van der Waals surface area contributed by atoms with E-state index in [0.717, 1.165) is 6.92 Å². The van der Waals surface area contributed by atoms with Crippen LogP contribution < -0.4 is 5.73 Å². The molecule has 1 saturated carbocycles. The summed E-state index contributed by atoms with van der Waals surface area (Å²) in [5.74, 6) is -2.40. The van der Waals surface area contributed by atoms with Gasteiger partial charge in [0.2, 0.25) is 0 Å². The van der Waals surface area contributed by atoms with E-state index >= 15 is 0 Å². The molecule has 1 aliphatic carbocycles. The fourth-order valence-corrected chi connectivity index (χ4v) is 3.77. The van der Waals surface area contributed by atoms with Crippen molar-refractivity contribution in [2.75, 3.05) is 18.1 Å². The molecule has 1 unspecified atom stereocenters. The topological polar surface area (TPSA) is 124 Å². The highest BCUT2D eigenvalue weighted by atomic mass is 32.2. The Morgan fingerprint density at radius 1 is 1.41 bits per heavy atom. The van der Waals surface area contributed by atoms with Crippen molar-refractivity contribution in [1.29, 1.82) is 0 Å². The van der Waals surface area contributed by atoms with Gasteiger partial charge in [0.05, 0.1) is 6.61 Å². The van der Waals surface area contributed by atoms with Crippen molar-refractivity contribution in [2.45, 2.75) is 32.2 Å². The Hall–Kier alpha value is -1.41. The molecule has 22 heavy (non-hydrogen) atoms. The molecule has 0 saturated heterocycles. The summed E-state index contributed by atoms with van der Waals surface area (Å²) >= 11 is 1.17. The molecule has 1 aliphatic rings. The summed E-state index contributed by atoms with van der Waals surface area (Å²) in [6.45, 7) is 2.63. The number of ether oxygens (including phenoxy) is 1. The third-order valence-corrected chi connectivity index (χ3v) is 5.14. The smallest absolute Gasteiger partial charge is 0.332 e. The zero-order chi connectivity index (χ0) is 16.9. The first kappa shape index (κ1) is 18.6. The standard InChI is InChI=1S/C14H21NO6S/c1-8(16)14(15,13(19)20)7-22-6-11-10(3-4-12(11)18)5-21-9(2)17/h10-11H,3-7,15H2,1-2H3,(H,19,20)/t10-,11-,14?/m0/s1. The van der Waals surface area contributed by atoms with Crippen molar-refractivity contribution >= 4 is 35.3 Å². The Morgan fingerprint density at radius 3 is 2.55 bits per heavy atom. The molecular formula is C14H21NO6S. The molecule has 3 atom stereocenters. The number of carboxylic acids is 1. The van der Waals surface area contributed by atoms with Gasteiger partial charge in [-0.3, -0.25) is 14.4 Å². The van der Waals surface area contributed by atoms with E-state index in [-0.39, 0.29) is 30.0 Å². The highest BCUT2D eigenvalue weighted by Crippen LogP contribution is 2.32. The lowest BCUT2D eigenvalue weighted by Gasteiger charge is -2.23. The van der Waals surface area contributed by atoms with Gasteiger partial charge in [0.15, 0.2) is 11.3 Å². The van der Waals surface area contributed by atoms with Crippen LogP contribution in [0.5, 0.6) is 0 Å². The number of carboxylic acid groups (broad SMARTS) is 1. The Labute approximate surface area is 132 Å². The minimum Gasteiger partial charge on any atom is -0.480 e. The van der Waals surface area contributed by atoms with Gasteiger partial charge < -0.3 is 15.6 Å². The van der Waals surface area contributed by atoms with Crippen LogP contribution in [0.1, 0.15) is 26.7 Å². The van der Waals surface area contributed by atoms with Crippen LogP contribution in [0.2, 0.25) is 0 Å². The monoisotopic (exact) mass is 331 g/mol. The maximum Gasteiger partial charge on any atom is 0.332 e. The Balaban J connectivity index is 2.57. The molecule has 0 heterocycles. The molecule has 124 valence electrons. The van der Waals surface area contributed by atoms with E-state index < -0.39 is 23.3 Å². The van der Waals surface area contributed by atoms with E-state index in [4.69, 9.17) is 15.6 Å². The quantitative estimate of drug-likeness (QED) is 0.479. The van der Waals surface area contributed by atoms with E-state index in [1.807, 2.05) is 0 Å². The summed E-state index contributed by atoms with van der Waals surface area (Å²) < 4.78 is 4.95. The highest BCUT2D eigenvalue weighted by molar-refractivity contribution is 7.99. The molecule has 7 nitrogen and oxygen atoms in total. The van der Waals surface area contributed by atoms with Gasteiger partial charge in [0.1, 0.15) is 5.78 Å². The van der Waals surface area contributed by atoms with Crippen LogP contribution in [-0.4, -0.2) is 52.3 Å². The maximum absolute atomic E-state index is 11.9. The molecule has 0 spiro atoms. The number of carbonyl (C=O) groups excluding carboxylic acids is 3. The Bertz CT molecular complexity index is 464. The van der Waals surface area contributed by atoms with Crippen LogP contribution in [0.4, 0.5) is 0 Å². The molecule has 3 N–H and O–H groups in total. The second-order valence-corrected chi connectivity index (χ2v) is 6.55. The van der Waals surface area contributed by atoms with Crippen LogP contribution in [0.3, 0.4) is 0 Å². The highest BCUT2D eigenvalue weighted by Gasteiger charge is 2.41. The SMILES string of the molecule is CC(=O)OC[C@@H]1CCC(=O)[C@H]1CSCC(N)(C(C)=O)C(=O)O. The minimum atomic E-state index is -1.93. The lowest BCUT2D eigenvalue weighted by atomic mass is 9.98. The molecular weight excluding hydrogens is 310 g/mol. The summed E-state index contributed by atoms with van der Waals surface area (Å²) in [5.41, 5.74) is 3.68. The first-order valence-corrected chi connectivity index (χ1v) is 8.11. The molecule has 0 aromatic rings. The normalized spacial score (nSPS) is 23.9. The zero-order valence-corrected chi connectivity index (χ0v) is 13.5. The van der Waals surface area contributed by atoms with Gasteiger partial charge in [-0.15, -0.1) is 0 Å². The number of Topliss-reactive ketones (excluding diaryl/α,β-unsaturated/α-hetero) is 2. The predicted octanol–water partition coefficient (Wildman–Crippen LogP) is 0.249. The molecule has 0 amide bonds. The van der Waals surface area contributed by atoms with Crippen LogP contribution in [0.25, 0.3) is 0 Å². The van der Waals surface area contributed by atoms with Crippen LogP contribution in [0.15, 0.2) is 0 Å². The van der Waals surface area contributed by atoms with E-state index in [1.54, 1.807) is 0 Å². The molecule has 0 aromatic carbocycles. The number of thioether (sulfide) groups is 1. The number of nitrogens with two attached hydrogens (primary N) is 1. The molecule has 0 bridgehead atoms. The molecule has 0 radical (unpaired) electrons. The number of esters is 1. The van der Waals surface area contributed by atoms with Crippen LogP contribution in [0, 0.1) is 11.8 Å². The minimum absolute atomic E-state index is 0.0572. The lowest BCUT2D eigenvalue weighted by Crippen LogP contribution is -2.56. The molecule has 1 rings (SSSR count). The van der Waals surface area contributed by atoms with Crippen molar-refractivity contribution in [1.82, 2.24) is 0 Å². The van der Waals surface area contributed by atoms with Crippen molar-refractivity contribution in [2.24, 2.45) is 17.6 Å². The number of hydrogen-bond acceptors (Lipinski definition) is 7. The number of hydrogen-bond donors (Lipinski definition) is 2. The van der Waals surface area contributed by atoms with Gasteiger partial charge in [-0.05, 0) is 13.3 Å². The average Bonchev–Trinajstić information content (AvgIpc) is 2.76. The molecule has 0 aliphatic heterocycles. The average molecular weight is 331 g/mol. The van der Waals surface area contributed by atoms with E-state index in [9.17, 15) is 19.2 Å². The van der Waals surface area contributed by atoms with Gasteiger partial charge in [-0.1, -0.05) is 0 Å². The summed E-state index contributed by atoms with van der Waals surface area (Å²) in [7, 11) is 0. The zero-order valence-electron chi connectivity index (χ0n) is 12.7. The van der Waals surface area contributed by atoms with Gasteiger partial charge in [-0.25, -0.2) is 4.79 Å². The van der Waals surface area contributed by atoms with E-state index in [1.165, 1.54) is 18.7 Å². The molecule has 8 heteroatoms. The Morgan fingerprint density at radius 2 is 2.05 bits per heavy atom. The second-order valence-electron chi connectivity index (χ2n) is 5.52. The van der Waals surface area contributed by atoms with Crippen molar-refractivity contribution in [3.8, 4) is 0 Å². The molecule has 0 aromatic heterocycles. The van der Waals surface area contributed by atoms with Crippen LogP contribution in [-0.2, 0) is 23.9 Å².